The molecule has 0 spiro atoms. The largest absolute Gasteiger partial charge is 0.444 e. The number of aromatic nitrogens is 4. The van der Waals surface area contributed by atoms with Crippen molar-refractivity contribution in [1.29, 1.82) is 0 Å². The van der Waals surface area contributed by atoms with Crippen LogP contribution in [0.25, 0.3) is 11.5 Å². The van der Waals surface area contributed by atoms with Crippen molar-refractivity contribution in [3.63, 3.8) is 0 Å². The first-order valence-electron chi connectivity index (χ1n) is 9.60. The third-order valence-corrected chi connectivity index (χ3v) is 4.86. The minimum atomic E-state index is 0.521. The van der Waals surface area contributed by atoms with Crippen LogP contribution >= 0.6 is 0 Å². The van der Waals surface area contributed by atoms with Crippen LogP contribution in [0.1, 0.15) is 35.7 Å². The second-order valence-electron chi connectivity index (χ2n) is 6.93. The summed E-state index contributed by atoms with van der Waals surface area (Å²) in [5.41, 5.74) is 3.00. The molecule has 146 valence electrons. The number of guanidine groups is 1. The van der Waals surface area contributed by atoms with Crippen molar-refractivity contribution >= 4 is 5.96 Å². The van der Waals surface area contributed by atoms with E-state index in [0.717, 1.165) is 35.9 Å². The van der Waals surface area contributed by atoms with Gasteiger partial charge in [-0.25, -0.2) is 4.98 Å². The van der Waals surface area contributed by atoms with Crippen molar-refractivity contribution in [2.75, 3.05) is 7.05 Å². The molecule has 3 aromatic rings. The standard InChI is InChI=1S/C20H25N7O/c1-14-6-8-15(9-7-14)19-24-16(13-28-19)11-22-20(21-2)23-12-18-26-25-17-5-3-4-10-27(17)18/h6-9,13H,3-5,10-12H2,1-2H3,(H2,21,22,23). The summed E-state index contributed by atoms with van der Waals surface area (Å²) in [6, 6.07) is 8.12. The number of oxazole rings is 1. The van der Waals surface area contributed by atoms with E-state index < -0.39 is 0 Å². The highest BCUT2D eigenvalue weighted by atomic mass is 16.3. The molecular weight excluding hydrogens is 354 g/mol. The molecule has 0 fully saturated rings. The molecule has 0 aliphatic carbocycles. The molecule has 4 rings (SSSR count). The van der Waals surface area contributed by atoms with E-state index in [9.17, 15) is 0 Å². The summed E-state index contributed by atoms with van der Waals surface area (Å²) in [5.74, 6) is 3.33. The normalized spacial score (nSPS) is 14.0. The third kappa shape index (κ3) is 4.05. The number of nitrogens with zero attached hydrogens (tertiary/aromatic N) is 5. The second kappa shape index (κ2) is 8.24. The zero-order chi connectivity index (χ0) is 19.3. The fourth-order valence-electron chi connectivity index (χ4n) is 3.27. The van der Waals surface area contributed by atoms with E-state index in [1.807, 2.05) is 24.3 Å². The van der Waals surface area contributed by atoms with Gasteiger partial charge >= 0.3 is 0 Å². The first kappa shape index (κ1) is 18.2. The van der Waals surface area contributed by atoms with Crippen LogP contribution in [-0.2, 0) is 26.1 Å². The number of benzene rings is 1. The molecule has 0 bridgehead atoms. The van der Waals surface area contributed by atoms with Crippen LogP contribution in [0.5, 0.6) is 0 Å². The van der Waals surface area contributed by atoms with E-state index >= 15 is 0 Å². The zero-order valence-electron chi connectivity index (χ0n) is 16.3. The Balaban J connectivity index is 1.32. The van der Waals surface area contributed by atoms with Gasteiger partial charge in [0.15, 0.2) is 11.8 Å². The Morgan fingerprint density at radius 1 is 1.14 bits per heavy atom. The molecule has 1 aromatic carbocycles. The molecule has 0 amide bonds. The van der Waals surface area contributed by atoms with Gasteiger partial charge in [-0.15, -0.1) is 10.2 Å². The van der Waals surface area contributed by atoms with Gasteiger partial charge < -0.3 is 19.6 Å². The molecule has 3 heterocycles. The van der Waals surface area contributed by atoms with Crippen molar-refractivity contribution in [2.45, 2.75) is 45.8 Å². The maximum Gasteiger partial charge on any atom is 0.226 e. The molecule has 2 aromatic heterocycles. The van der Waals surface area contributed by atoms with Crippen molar-refractivity contribution in [2.24, 2.45) is 4.99 Å². The highest BCUT2D eigenvalue weighted by Gasteiger charge is 2.15. The van der Waals surface area contributed by atoms with E-state index in [-0.39, 0.29) is 0 Å². The van der Waals surface area contributed by atoms with Gasteiger partial charge in [-0.2, -0.15) is 0 Å². The Hall–Kier alpha value is -3.16. The summed E-state index contributed by atoms with van der Waals surface area (Å²) >= 11 is 0. The first-order chi connectivity index (χ1) is 13.7. The Bertz CT molecular complexity index is 955. The van der Waals surface area contributed by atoms with Gasteiger partial charge in [0.1, 0.15) is 12.1 Å². The lowest BCUT2D eigenvalue weighted by Gasteiger charge is -2.15. The number of hydrogen-bond acceptors (Lipinski definition) is 5. The maximum atomic E-state index is 5.60. The highest BCUT2D eigenvalue weighted by Crippen LogP contribution is 2.19. The number of hydrogen-bond donors (Lipinski definition) is 2. The predicted molar refractivity (Wildman–Crippen MR) is 107 cm³/mol. The van der Waals surface area contributed by atoms with Gasteiger partial charge in [0.05, 0.1) is 18.8 Å². The SMILES string of the molecule is CN=C(NCc1coc(-c2ccc(C)cc2)n1)NCc1nnc2n1CCCC2. The average molecular weight is 379 g/mol. The van der Waals surface area contributed by atoms with Crippen LogP contribution in [0, 0.1) is 6.92 Å². The number of aliphatic imine (C=N–C) groups is 1. The predicted octanol–water partition coefficient (Wildman–Crippen LogP) is 2.44. The van der Waals surface area contributed by atoms with Crippen LogP contribution in [0.2, 0.25) is 0 Å². The fourth-order valence-corrected chi connectivity index (χ4v) is 3.27. The van der Waals surface area contributed by atoms with Crippen molar-refractivity contribution in [1.82, 2.24) is 30.4 Å². The minimum absolute atomic E-state index is 0.521. The van der Waals surface area contributed by atoms with Gasteiger partial charge in [0.25, 0.3) is 0 Å². The summed E-state index contributed by atoms with van der Waals surface area (Å²) in [4.78, 5) is 8.81. The van der Waals surface area contributed by atoms with Gasteiger partial charge in [-0.1, -0.05) is 17.7 Å². The summed E-state index contributed by atoms with van der Waals surface area (Å²) in [6.45, 7) is 4.15. The lowest BCUT2D eigenvalue weighted by atomic mass is 10.1. The van der Waals surface area contributed by atoms with E-state index in [1.54, 1.807) is 13.3 Å². The molecule has 8 nitrogen and oxygen atoms in total. The topological polar surface area (TPSA) is 93.2 Å². The number of fused-ring (bicyclic) bond motifs is 1. The molecule has 0 saturated heterocycles. The van der Waals surface area contributed by atoms with Crippen LogP contribution in [0.15, 0.2) is 39.9 Å². The van der Waals surface area contributed by atoms with Gasteiger partial charge in [-0.05, 0) is 31.9 Å². The van der Waals surface area contributed by atoms with Crippen LogP contribution in [0.4, 0.5) is 0 Å². The molecule has 8 heteroatoms. The van der Waals surface area contributed by atoms with Crippen molar-refractivity contribution in [3.8, 4) is 11.5 Å². The summed E-state index contributed by atoms with van der Waals surface area (Å²) in [6.07, 6.45) is 5.05. The molecule has 1 aliphatic rings. The van der Waals surface area contributed by atoms with Crippen molar-refractivity contribution < 1.29 is 4.42 Å². The van der Waals surface area contributed by atoms with E-state index in [1.165, 1.54) is 18.4 Å². The van der Waals surface area contributed by atoms with Crippen LogP contribution in [0.3, 0.4) is 0 Å². The first-order valence-corrected chi connectivity index (χ1v) is 9.60. The lowest BCUT2D eigenvalue weighted by molar-refractivity contribution is 0.504. The minimum Gasteiger partial charge on any atom is -0.444 e. The van der Waals surface area contributed by atoms with Gasteiger partial charge in [0, 0.05) is 25.6 Å². The number of rotatable bonds is 5. The average Bonchev–Trinajstić information content (AvgIpc) is 3.36. The Labute approximate surface area is 164 Å². The lowest BCUT2D eigenvalue weighted by Crippen LogP contribution is -2.37. The molecule has 2 N–H and O–H groups in total. The van der Waals surface area contributed by atoms with E-state index in [4.69, 9.17) is 4.42 Å². The highest BCUT2D eigenvalue weighted by molar-refractivity contribution is 5.79. The monoisotopic (exact) mass is 379 g/mol. The van der Waals surface area contributed by atoms with E-state index in [2.05, 4.69) is 42.3 Å². The van der Waals surface area contributed by atoms with Gasteiger partial charge in [0.2, 0.25) is 5.89 Å². The maximum absolute atomic E-state index is 5.60. The number of nitrogens with one attached hydrogen (secondary N) is 2. The molecule has 0 unspecified atom stereocenters. The Morgan fingerprint density at radius 2 is 1.96 bits per heavy atom. The Kier molecular flexibility index (Phi) is 5.36. The van der Waals surface area contributed by atoms with Crippen LogP contribution < -0.4 is 10.6 Å². The quantitative estimate of drug-likeness (QED) is 0.522. The smallest absolute Gasteiger partial charge is 0.226 e. The van der Waals surface area contributed by atoms with Crippen LogP contribution in [-0.4, -0.2) is 32.8 Å². The molecule has 1 aliphatic heterocycles. The van der Waals surface area contributed by atoms with Crippen molar-refractivity contribution in [3.05, 3.63) is 53.4 Å². The zero-order valence-corrected chi connectivity index (χ0v) is 16.3. The molecule has 28 heavy (non-hydrogen) atoms. The molecular formula is C20H25N7O. The second-order valence-corrected chi connectivity index (χ2v) is 6.93. The van der Waals surface area contributed by atoms with E-state index in [0.29, 0.717) is 24.9 Å². The molecule has 0 saturated carbocycles. The summed E-state index contributed by atoms with van der Waals surface area (Å²) in [7, 11) is 1.75. The Morgan fingerprint density at radius 3 is 2.79 bits per heavy atom. The fraction of sp³-hybridized carbons (Fsp3) is 0.400. The summed E-state index contributed by atoms with van der Waals surface area (Å²) < 4.78 is 7.81. The summed E-state index contributed by atoms with van der Waals surface area (Å²) in [5, 5.41) is 15.1. The molecule has 0 atom stereocenters. The third-order valence-electron chi connectivity index (χ3n) is 4.86. The van der Waals surface area contributed by atoms with Gasteiger partial charge in [-0.3, -0.25) is 4.99 Å². The molecule has 0 radical (unpaired) electrons. The number of aryl methyl sites for hydroxylation is 2.